The quantitative estimate of drug-likeness (QED) is 0.843. The Hall–Kier alpha value is -2.12. The Morgan fingerprint density at radius 2 is 1.88 bits per heavy atom. The van der Waals surface area contributed by atoms with Gasteiger partial charge >= 0.3 is 0 Å². The summed E-state index contributed by atoms with van der Waals surface area (Å²) in [6.45, 7) is 2.47. The first kappa shape index (κ1) is 18.7. The molecule has 8 heteroatoms. The van der Waals surface area contributed by atoms with Crippen molar-refractivity contribution in [3.8, 4) is 0 Å². The maximum atomic E-state index is 12.3. The van der Waals surface area contributed by atoms with Gasteiger partial charge in [0.1, 0.15) is 6.10 Å². The molecule has 0 bridgehead atoms. The highest BCUT2D eigenvalue weighted by Crippen LogP contribution is 2.16. The number of piperazine rings is 1. The second-order valence-electron chi connectivity index (χ2n) is 6.40. The number of nitrogens with one attached hydrogen (secondary N) is 1. The third-order valence-electron chi connectivity index (χ3n) is 4.64. The van der Waals surface area contributed by atoms with Crippen LogP contribution in [0.25, 0.3) is 0 Å². The number of amides is 3. The molecule has 3 amide bonds. The first-order chi connectivity index (χ1) is 12.5. The van der Waals surface area contributed by atoms with Gasteiger partial charge in [0.15, 0.2) is 0 Å². The van der Waals surface area contributed by atoms with E-state index in [-0.39, 0.29) is 30.4 Å². The summed E-state index contributed by atoms with van der Waals surface area (Å²) in [7, 11) is 0. The van der Waals surface area contributed by atoms with Gasteiger partial charge in [-0.3, -0.25) is 14.4 Å². The summed E-state index contributed by atoms with van der Waals surface area (Å²) in [6, 6.07) is 6.56. The van der Waals surface area contributed by atoms with Crippen LogP contribution < -0.4 is 5.32 Å². The van der Waals surface area contributed by atoms with Crippen molar-refractivity contribution in [2.24, 2.45) is 0 Å². The molecule has 0 spiro atoms. The van der Waals surface area contributed by atoms with Gasteiger partial charge in [-0.25, -0.2) is 0 Å². The predicted molar refractivity (Wildman–Crippen MR) is 95.9 cm³/mol. The summed E-state index contributed by atoms with van der Waals surface area (Å²) in [4.78, 5) is 40.1. The molecular weight excluding hydrogens is 358 g/mol. The van der Waals surface area contributed by atoms with Crippen molar-refractivity contribution in [1.29, 1.82) is 0 Å². The summed E-state index contributed by atoms with van der Waals surface area (Å²) in [5.41, 5.74) is 0.414. The lowest BCUT2D eigenvalue weighted by atomic mass is 10.2. The van der Waals surface area contributed by atoms with Crippen molar-refractivity contribution in [1.82, 2.24) is 15.1 Å². The number of carbonyl (C=O) groups is 3. The van der Waals surface area contributed by atoms with Gasteiger partial charge in [0, 0.05) is 43.4 Å². The van der Waals surface area contributed by atoms with Crippen molar-refractivity contribution in [3.05, 3.63) is 34.9 Å². The van der Waals surface area contributed by atoms with Gasteiger partial charge in [-0.2, -0.15) is 0 Å². The molecule has 1 N–H and O–H groups in total. The number of ether oxygens (including phenoxy) is 1. The van der Waals surface area contributed by atoms with Crippen LogP contribution in [-0.2, 0) is 14.3 Å². The smallest absolute Gasteiger partial charge is 0.251 e. The molecule has 3 rings (SSSR count). The Balaban J connectivity index is 1.43. The van der Waals surface area contributed by atoms with Crippen LogP contribution in [0.1, 0.15) is 23.2 Å². The van der Waals surface area contributed by atoms with Crippen LogP contribution in [0.4, 0.5) is 0 Å². The molecule has 2 saturated heterocycles. The standard InChI is InChI=1S/C18H22ClN3O4/c19-14-4-1-3-13(11-14)17(24)20-12-16(23)21-6-8-22(9-7-21)18(25)15-5-2-10-26-15/h1,3-4,11,15H,2,5-10,12H2,(H,20,24). The monoisotopic (exact) mass is 379 g/mol. The summed E-state index contributed by atoms with van der Waals surface area (Å²) in [5.74, 6) is -0.485. The second-order valence-corrected chi connectivity index (χ2v) is 6.84. The zero-order valence-corrected chi connectivity index (χ0v) is 15.2. The van der Waals surface area contributed by atoms with Gasteiger partial charge in [0.25, 0.3) is 11.8 Å². The molecule has 1 atom stereocenters. The van der Waals surface area contributed by atoms with E-state index in [0.29, 0.717) is 43.4 Å². The Kier molecular flexibility index (Phi) is 6.11. The molecule has 0 radical (unpaired) electrons. The second kappa shape index (κ2) is 8.51. The van der Waals surface area contributed by atoms with E-state index in [2.05, 4.69) is 5.32 Å². The lowest BCUT2D eigenvalue weighted by Crippen LogP contribution is -2.54. The van der Waals surface area contributed by atoms with Crippen molar-refractivity contribution in [2.45, 2.75) is 18.9 Å². The molecule has 7 nitrogen and oxygen atoms in total. The number of benzene rings is 1. The Labute approximate surface area is 157 Å². The van der Waals surface area contributed by atoms with Crippen molar-refractivity contribution in [3.63, 3.8) is 0 Å². The first-order valence-corrected chi connectivity index (χ1v) is 9.14. The highest BCUT2D eigenvalue weighted by molar-refractivity contribution is 6.30. The van der Waals surface area contributed by atoms with Crippen LogP contribution in [-0.4, -0.2) is 73.0 Å². The van der Waals surface area contributed by atoms with E-state index >= 15 is 0 Å². The molecule has 1 aromatic carbocycles. The van der Waals surface area contributed by atoms with E-state index in [9.17, 15) is 14.4 Å². The number of nitrogens with zero attached hydrogens (tertiary/aromatic N) is 2. The molecule has 2 aliphatic rings. The van der Waals surface area contributed by atoms with Gasteiger partial charge in [-0.1, -0.05) is 17.7 Å². The Morgan fingerprint density at radius 3 is 2.54 bits per heavy atom. The predicted octanol–water partition coefficient (Wildman–Crippen LogP) is 0.920. The average molecular weight is 380 g/mol. The molecule has 2 fully saturated rings. The number of rotatable bonds is 4. The largest absolute Gasteiger partial charge is 0.368 e. The van der Waals surface area contributed by atoms with Gasteiger partial charge < -0.3 is 19.9 Å². The molecule has 2 aliphatic heterocycles. The van der Waals surface area contributed by atoms with Gasteiger partial charge in [-0.15, -0.1) is 0 Å². The average Bonchev–Trinajstić information content (AvgIpc) is 3.20. The lowest BCUT2D eigenvalue weighted by molar-refractivity contribution is -0.145. The highest BCUT2D eigenvalue weighted by atomic mass is 35.5. The van der Waals surface area contributed by atoms with E-state index in [1.807, 2.05) is 0 Å². The summed E-state index contributed by atoms with van der Waals surface area (Å²) in [5, 5.41) is 3.08. The Morgan fingerprint density at radius 1 is 1.15 bits per heavy atom. The third-order valence-corrected chi connectivity index (χ3v) is 4.87. The van der Waals surface area contributed by atoms with E-state index in [1.165, 1.54) is 0 Å². The van der Waals surface area contributed by atoms with Crippen LogP contribution in [0.3, 0.4) is 0 Å². The van der Waals surface area contributed by atoms with Crippen LogP contribution in [0.2, 0.25) is 5.02 Å². The van der Waals surface area contributed by atoms with Gasteiger partial charge in [-0.05, 0) is 31.0 Å². The van der Waals surface area contributed by atoms with Crippen molar-refractivity contribution >= 4 is 29.3 Å². The zero-order valence-electron chi connectivity index (χ0n) is 14.4. The fraction of sp³-hybridized carbons (Fsp3) is 0.500. The molecule has 140 valence electrons. The van der Waals surface area contributed by atoms with Crippen molar-refractivity contribution in [2.75, 3.05) is 39.3 Å². The highest BCUT2D eigenvalue weighted by Gasteiger charge is 2.31. The summed E-state index contributed by atoms with van der Waals surface area (Å²) >= 11 is 5.86. The van der Waals surface area contributed by atoms with Gasteiger partial charge in [0.05, 0.1) is 6.54 Å². The minimum absolute atomic E-state index is 0.0175. The zero-order chi connectivity index (χ0) is 18.5. The SMILES string of the molecule is O=C(NCC(=O)N1CCN(C(=O)C2CCCO2)CC1)c1cccc(Cl)c1. The fourth-order valence-corrected chi connectivity index (χ4v) is 3.34. The minimum atomic E-state index is -0.340. The van der Waals surface area contributed by atoms with Crippen LogP contribution in [0, 0.1) is 0 Å². The topological polar surface area (TPSA) is 79.0 Å². The molecule has 0 saturated carbocycles. The molecule has 26 heavy (non-hydrogen) atoms. The van der Waals surface area contributed by atoms with Crippen LogP contribution in [0.15, 0.2) is 24.3 Å². The molecule has 0 aromatic heterocycles. The van der Waals surface area contributed by atoms with E-state index < -0.39 is 0 Å². The number of hydrogen-bond acceptors (Lipinski definition) is 4. The normalized spacial score (nSPS) is 20.1. The van der Waals surface area contributed by atoms with E-state index in [1.54, 1.807) is 34.1 Å². The number of halogens is 1. The number of hydrogen-bond donors (Lipinski definition) is 1. The summed E-state index contributed by atoms with van der Waals surface area (Å²) in [6.07, 6.45) is 1.36. The minimum Gasteiger partial charge on any atom is -0.368 e. The van der Waals surface area contributed by atoms with Gasteiger partial charge in [0.2, 0.25) is 5.91 Å². The molecule has 2 heterocycles. The fourth-order valence-electron chi connectivity index (χ4n) is 3.15. The maximum Gasteiger partial charge on any atom is 0.251 e. The van der Waals surface area contributed by atoms with Crippen molar-refractivity contribution < 1.29 is 19.1 Å². The van der Waals surface area contributed by atoms with Crippen LogP contribution >= 0.6 is 11.6 Å². The maximum absolute atomic E-state index is 12.3. The molecule has 1 unspecified atom stereocenters. The van der Waals surface area contributed by atoms with E-state index in [4.69, 9.17) is 16.3 Å². The first-order valence-electron chi connectivity index (χ1n) is 8.76. The number of carbonyl (C=O) groups excluding carboxylic acids is 3. The van der Waals surface area contributed by atoms with Crippen LogP contribution in [0.5, 0.6) is 0 Å². The lowest BCUT2D eigenvalue weighted by Gasteiger charge is -2.35. The van der Waals surface area contributed by atoms with E-state index in [0.717, 1.165) is 12.8 Å². The third kappa shape index (κ3) is 4.53. The molecule has 1 aromatic rings. The Bertz CT molecular complexity index is 683. The summed E-state index contributed by atoms with van der Waals surface area (Å²) < 4.78 is 5.43. The molecular formula is C18H22ClN3O4. The molecule has 0 aliphatic carbocycles.